The Morgan fingerprint density at radius 1 is 1.16 bits per heavy atom. The molecule has 3 aromatic rings. The van der Waals surface area contributed by atoms with Gasteiger partial charge < -0.3 is 19.5 Å². The van der Waals surface area contributed by atoms with Crippen LogP contribution in [0, 0.1) is 0 Å². The van der Waals surface area contributed by atoms with Crippen LogP contribution in [-0.4, -0.2) is 33.9 Å². The maximum atomic E-state index is 13.2. The zero-order valence-electron chi connectivity index (χ0n) is 20.7. The van der Waals surface area contributed by atoms with Crippen LogP contribution in [0.3, 0.4) is 0 Å². The number of nitrogens with zero attached hydrogens (tertiary/aromatic N) is 3. The number of ether oxygens (including phenoxy) is 3. The number of carbonyl (C=O) groups is 1. The number of fused-ring (bicyclic) bond motifs is 1. The fourth-order valence-corrected chi connectivity index (χ4v) is 4.88. The van der Waals surface area contributed by atoms with E-state index >= 15 is 0 Å². The molecule has 2 aromatic carbocycles. The second-order valence-electron chi connectivity index (χ2n) is 8.38. The minimum Gasteiger partial charge on any atom is -0.490 e. The number of allylic oxidation sites excluding steroid dienone is 1. The molecule has 1 aromatic heterocycles. The summed E-state index contributed by atoms with van der Waals surface area (Å²) in [6.07, 6.45) is 3.16. The molecule has 0 saturated heterocycles. The number of rotatable bonds is 10. The predicted molar refractivity (Wildman–Crippen MR) is 146 cm³/mol. The summed E-state index contributed by atoms with van der Waals surface area (Å²) in [7, 11) is 0. The molecule has 1 atom stereocenters. The largest absolute Gasteiger partial charge is 0.490 e. The van der Waals surface area contributed by atoms with E-state index in [1.807, 2.05) is 39.0 Å². The molecule has 196 valence electrons. The van der Waals surface area contributed by atoms with E-state index in [4.69, 9.17) is 37.4 Å². The van der Waals surface area contributed by atoms with Gasteiger partial charge in [0.2, 0.25) is 5.95 Å². The normalized spacial score (nSPS) is 14.7. The Morgan fingerprint density at radius 3 is 2.70 bits per heavy atom. The molecule has 8 nitrogen and oxygen atoms in total. The van der Waals surface area contributed by atoms with Crippen LogP contribution in [0.2, 0.25) is 10.0 Å². The molecule has 0 saturated carbocycles. The third kappa shape index (κ3) is 6.05. The second kappa shape index (κ2) is 12.2. The van der Waals surface area contributed by atoms with Crippen LogP contribution in [0.4, 0.5) is 5.95 Å². The van der Waals surface area contributed by atoms with E-state index in [2.05, 4.69) is 31.3 Å². The maximum absolute atomic E-state index is 13.2. The van der Waals surface area contributed by atoms with Crippen molar-refractivity contribution in [1.82, 2.24) is 14.8 Å². The number of aromatic nitrogens is 3. The highest BCUT2D eigenvalue weighted by Gasteiger charge is 2.35. The summed E-state index contributed by atoms with van der Waals surface area (Å²) >= 11 is 15.8. The molecule has 2 heterocycles. The Labute approximate surface area is 234 Å². The lowest BCUT2D eigenvalue weighted by molar-refractivity contribution is -0.139. The van der Waals surface area contributed by atoms with E-state index in [1.54, 1.807) is 16.8 Å². The fraction of sp³-hybridized carbons (Fsp3) is 0.346. The van der Waals surface area contributed by atoms with Crippen molar-refractivity contribution < 1.29 is 19.0 Å². The molecule has 0 amide bonds. The van der Waals surface area contributed by atoms with Crippen LogP contribution in [-0.2, 0) is 16.1 Å². The van der Waals surface area contributed by atoms with Crippen LogP contribution in [0.15, 0.2) is 52.4 Å². The van der Waals surface area contributed by atoms with Crippen molar-refractivity contribution in [2.45, 2.75) is 46.3 Å². The number of anilines is 1. The van der Waals surface area contributed by atoms with Crippen molar-refractivity contribution in [2.24, 2.45) is 0 Å². The first-order chi connectivity index (χ1) is 17.8. The van der Waals surface area contributed by atoms with Crippen molar-refractivity contribution in [3.63, 3.8) is 0 Å². The van der Waals surface area contributed by atoms with Crippen LogP contribution in [0.5, 0.6) is 11.5 Å². The molecule has 1 unspecified atom stereocenters. The predicted octanol–water partition coefficient (Wildman–Crippen LogP) is 6.96. The molecule has 1 aliphatic heterocycles. The molecule has 1 N–H and O–H groups in total. The van der Waals surface area contributed by atoms with E-state index in [0.29, 0.717) is 56.4 Å². The average Bonchev–Trinajstić information content (AvgIpc) is 3.33. The van der Waals surface area contributed by atoms with Crippen molar-refractivity contribution >= 4 is 51.0 Å². The number of hydrogen-bond acceptors (Lipinski definition) is 7. The van der Waals surface area contributed by atoms with E-state index in [-0.39, 0.29) is 6.61 Å². The molecule has 1 aliphatic rings. The lowest BCUT2D eigenvalue weighted by Crippen LogP contribution is -2.30. The summed E-state index contributed by atoms with van der Waals surface area (Å²) in [6.45, 7) is 6.78. The summed E-state index contributed by atoms with van der Waals surface area (Å²) in [5, 5.41) is 8.48. The van der Waals surface area contributed by atoms with Crippen LogP contribution in [0.1, 0.15) is 50.8 Å². The lowest BCUT2D eigenvalue weighted by atomic mass is 9.95. The van der Waals surface area contributed by atoms with Gasteiger partial charge in [-0.1, -0.05) is 42.6 Å². The summed E-state index contributed by atoms with van der Waals surface area (Å²) < 4.78 is 20.0. The van der Waals surface area contributed by atoms with Crippen LogP contribution >= 0.6 is 39.1 Å². The van der Waals surface area contributed by atoms with Crippen molar-refractivity contribution in [2.75, 3.05) is 18.5 Å². The number of benzene rings is 2. The number of nitrogens with one attached hydrogen (secondary N) is 1. The van der Waals surface area contributed by atoms with E-state index in [0.717, 1.165) is 24.0 Å². The number of esters is 1. The van der Waals surface area contributed by atoms with Crippen molar-refractivity contribution in [1.29, 1.82) is 0 Å². The number of hydrogen-bond donors (Lipinski definition) is 1. The SMILES string of the molecule is CCCCOC(=O)C1=C(C)Nc2ncnn2C1c1cc(Br)c(OCc2ccc(Cl)c(Cl)c2)c(OCC)c1. The average molecular weight is 610 g/mol. The molecule has 0 fully saturated rings. The Balaban J connectivity index is 1.71. The van der Waals surface area contributed by atoms with Gasteiger partial charge in [-0.25, -0.2) is 9.48 Å². The standard InChI is InChI=1S/C26H27BrCl2N4O4/c1-4-6-9-36-25(34)22-15(3)32-26-30-14-31-33(26)23(22)17-11-18(27)24(21(12-17)35-5-2)37-13-16-7-8-19(28)20(29)10-16/h7-8,10-12,14,23H,4-6,9,13H2,1-3H3,(H,30,31,32). The first kappa shape index (κ1) is 27.3. The smallest absolute Gasteiger partial charge is 0.338 e. The molecule has 11 heteroatoms. The monoisotopic (exact) mass is 608 g/mol. The van der Waals surface area contributed by atoms with Gasteiger partial charge in [0.25, 0.3) is 0 Å². The van der Waals surface area contributed by atoms with Gasteiger partial charge in [-0.15, -0.1) is 0 Å². The lowest BCUT2D eigenvalue weighted by Gasteiger charge is -2.29. The van der Waals surface area contributed by atoms with Gasteiger partial charge in [0.05, 0.1) is 33.3 Å². The zero-order chi connectivity index (χ0) is 26.5. The summed E-state index contributed by atoms with van der Waals surface area (Å²) in [4.78, 5) is 17.5. The summed E-state index contributed by atoms with van der Waals surface area (Å²) in [5.74, 6) is 1.17. The maximum Gasteiger partial charge on any atom is 0.338 e. The molecule has 0 aliphatic carbocycles. The fourth-order valence-electron chi connectivity index (χ4n) is 3.98. The van der Waals surface area contributed by atoms with Gasteiger partial charge >= 0.3 is 5.97 Å². The first-order valence-electron chi connectivity index (χ1n) is 11.9. The minimum absolute atomic E-state index is 0.253. The number of halogens is 3. The van der Waals surface area contributed by atoms with Crippen LogP contribution < -0.4 is 14.8 Å². The molecular weight excluding hydrogens is 583 g/mol. The Kier molecular flexibility index (Phi) is 9.00. The van der Waals surface area contributed by atoms with Gasteiger partial charge in [-0.3, -0.25) is 0 Å². The van der Waals surface area contributed by atoms with Gasteiger partial charge in [-0.05, 0) is 71.6 Å². The van der Waals surface area contributed by atoms with E-state index < -0.39 is 12.0 Å². The van der Waals surface area contributed by atoms with Gasteiger partial charge in [-0.2, -0.15) is 10.1 Å². The zero-order valence-corrected chi connectivity index (χ0v) is 23.8. The molecule has 4 rings (SSSR count). The number of carbonyl (C=O) groups excluding carboxylic acids is 1. The van der Waals surface area contributed by atoms with Crippen LogP contribution in [0.25, 0.3) is 0 Å². The highest BCUT2D eigenvalue weighted by Crippen LogP contribution is 2.43. The van der Waals surface area contributed by atoms with Gasteiger partial charge in [0, 0.05) is 5.70 Å². The van der Waals surface area contributed by atoms with E-state index in [1.165, 1.54) is 6.33 Å². The molecule has 0 radical (unpaired) electrons. The first-order valence-corrected chi connectivity index (χ1v) is 13.5. The number of unbranched alkanes of at least 4 members (excludes halogenated alkanes) is 1. The summed E-state index contributed by atoms with van der Waals surface area (Å²) in [6, 6.07) is 8.51. The van der Waals surface area contributed by atoms with Crippen molar-refractivity contribution in [3.05, 3.63) is 73.6 Å². The topological polar surface area (TPSA) is 87.5 Å². The van der Waals surface area contributed by atoms with Gasteiger partial charge in [0.15, 0.2) is 11.5 Å². The highest BCUT2D eigenvalue weighted by atomic mass is 79.9. The third-order valence-corrected chi connectivity index (χ3v) is 7.09. The van der Waals surface area contributed by atoms with E-state index in [9.17, 15) is 4.79 Å². The molecule has 37 heavy (non-hydrogen) atoms. The highest BCUT2D eigenvalue weighted by molar-refractivity contribution is 9.10. The van der Waals surface area contributed by atoms with Gasteiger partial charge in [0.1, 0.15) is 19.0 Å². The third-order valence-electron chi connectivity index (χ3n) is 5.76. The Morgan fingerprint density at radius 2 is 1.97 bits per heavy atom. The minimum atomic E-state index is -0.576. The second-order valence-corrected chi connectivity index (χ2v) is 10.1. The molecule has 0 bridgehead atoms. The molecule has 0 spiro atoms. The summed E-state index contributed by atoms with van der Waals surface area (Å²) in [5.41, 5.74) is 2.72. The Bertz CT molecular complexity index is 1330. The van der Waals surface area contributed by atoms with Crippen molar-refractivity contribution in [3.8, 4) is 11.5 Å². The quantitative estimate of drug-likeness (QED) is 0.196. The molecular formula is C26H27BrCl2N4O4. The Hall–Kier alpha value is -2.75.